The predicted molar refractivity (Wildman–Crippen MR) is 191 cm³/mol. The van der Waals surface area contributed by atoms with E-state index < -0.39 is 22.2 Å². The normalized spacial score (nSPS) is 20.9. The van der Waals surface area contributed by atoms with E-state index in [1.807, 2.05) is 29.2 Å². The van der Waals surface area contributed by atoms with Crippen molar-refractivity contribution in [2.75, 3.05) is 57.4 Å². The van der Waals surface area contributed by atoms with Crippen LogP contribution in [0.3, 0.4) is 0 Å². The third-order valence-electron chi connectivity index (χ3n) is 11.1. The van der Waals surface area contributed by atoms with Crippen molar-refractivity contribution < 1.29 is 32.6 Å². The number of sulfonamides is 1. The highest BCUT2D eigenvalue weighted by Gasteiger charge is 2.37. The number of para-hydroxylation sites is 1. The standard InChI is InChI=1S/C36H48BN5O7S/c1-24-21-25(22-30(37)33(24)43)23-32(34(44)39-14-7-26(8-15-39)27-9-18-41(19-10-27)50(2,47)48)49-36(46)40-16-12-29(13-17-40)42-20-11-28-5-3-4-6-31(28)38-35(42)45/h3-6,21-22,26-27,29,32,43H,7-20,23H2,1-2H3,(H,38,45)/t32-/m1/s1. The minimum atomic E-state index is -3.19. The van der Waals surface area contributed by atoms with Gasteiger partial charge in [0, 0.05) is 64.0 Å². The van der Waals surface area contributed by atoms with Gasteiger partial charge in [0.15, 0.2) is 6.10 Å². The summed E-state index contributed by atoms with van der Waals surface area (Å²) in [6.07, 6.45) is 4.94. The first-order chi connectivity index (χ1) is 23.9. The molecule has 2 N–H and O–H groups in total. The van der Waals surface area contributed by atoms with Gasteiger partial charge in [-0.3, -0.25) is 4.79 Å². The maximum atomic E-state index is 14.0. The number of urea groups is 1. The molecule has 12 nitrogen and oxygen atoms in total. The molecule has 4 aliphatic heterocycles. The lowest BCUT2D eigenvalue weighted by molar-refractivity contribution is -0.142. The number of hydrogen-bond donors (Lipinski definition) is 2. The van der Waals surface area contributed by atoms with Gasteiger partial charge in [-0.2, -0.15) is 0 Å². The van der Waals surface area contributed by atoms with E-state index in [9.17, 15) is 27.9 Å². The van der Waals surface area contributed by atoms with Crippen LogP contribution in [0, 0.1) is 18.8 Å². The molecule has 1 atom stereocenters. The highest BCUT2D eigenvalue weighted by molar-refractivity contribution is 7.88. The summed E-state index contributed by atoms with van der Waals surface area (Å²) in [7, 11) is 2.85. The van der Waals surface area contributed by atoms with E-state index in [0.717, 1.165) is 43.4 Å². The number of likely N-dealkylation sites (tertiary alicyclic amines) is 2. The number of hydrogen-bond acceptors (Lipinski definition) is 7. The second kappa shape index (κ2) is 15.2. The summed E-state index contributed by atoms with van der Waals surface area (Å²) in [5, 5.41) is 13.2. The Bertz CT molecular complexity index is 1660. The van der Waals surface area contributed by atoms with Gasteiger partial charge in [0.2, 0.25) is 10.0 Å². The first-order valence-electron chi connectivity index (χ1n) is 17.8. The summed E-state index contributed by atoms with van der Waals surface area (Å²) in [4.78, 5) is 46.0. The molecule has 50 heavy (non-hydrogen) atoms. The first kappa shape index (κ1) is 36.0. The lowest BCUT2D eigenvalue weighted by atomic mass is 9.79. The van der Waals surface area contributed by atoms with Gasteiger partial charge in [-0.1, -0.05) is 35.8 Å². The number of fused-ring (bicyclic) bond motifs is 1. The monoisotopic (exact) mass is 705 g/mol. The Morgan fingerprint density at radius 3 is 2.20 bits per heavy atom. The molecule has 3 saturated heterocycles. The number of piperidine rings is 3. The van der Waals surface area contributed by atoms with Crippen molar-refractivity contribution >= 4 is 47.1 Å². The van der Waals surface area contributed by atoms with Crippen LogP contribution in [0.15, 0.2) is 36.4 Å². The van der Waals surface area contributed by atoms with Crippen LogP contribution in [0.1, 0.15) is 55.2 Å². The molecule has 0 unspecified atom stereocenters. The number of carbonyl (C=O) groups excluding carboxylic acids is 3. The fraction of sp³-hybridized carbons (Fsp3) is 0.583. The Morgan fingerprint density at radius 2 is 1.56 bits per heavy atom. The second-order valence-electron chi connectivity index (χ2n) is 14.3. The third-order valence-corrected chi connectivity index (χ3v) is 12.4. The number of phenols is 1. The lowest BCUT2D eigenvalue weighted by Crippen LogP contribution is -2.52. The van der Waals surface area contributed by atoms with E-state index in [-0.39, 0.29) is 35.6 Å². The van der Waals surface area contributed by atoms with Crippen LogP contribution in [0.4, 0.5) is 15.3 Å². The van der Waals surface area contributed by atoms with Gasteiger partial charge in [0.1, 0.15) is 13.6 Å². The maximum Gasteiger partial charge on any atom is 0.410 e. The number of rotatable bonds is 7. The van der Waals surface area contributed by atoms with Gasteiger partial charge in [-0.25, -0.2) is 22.3 Å². The van der Waals surface area contributed by atoms with E-state index in [1.165, 1.54) is 6.26 Å². The molecule has 4 heterocycles. The second-order valence-corrected chi connectivity index (χ2v) is 16.3. The molecule has 0 aromatic heterocycles. The minimum absolute atomic E-state index is 0.0112. The molecule has 3 fully saturated rings. The molecule has 0 spiro atoms. The summed E-state index contributed by atoms with van der Waals surface area (Å²) >= 11 is 0. The highest BCUT2D eigenvalue weighted by atomic mass is 32.2. The van der Waals surface area contributed by atoms with Gasteiger partial charge in [-0.05, 0) is 86.5 Å². The summed E-state index contributed by atoms with van der Waals surface area (Å²) in [5.74, 6) is 0.551. The molecule has 4 amide bonds. The molecular weight excluding hydrogens is 657 g/mol. The van der Waals surface area contributed by atoms with Gasteiger partial charge in [0.25, 0.3) is 5.91 Å². The number of aromatic hydroxyl groups is 1. The summed E-state index contributed by atoms with van der Waals surface area (Å²) in [6, 6.07) is 11.0. The Labute approximate surface area is 296 Å². The van der Waals surface area contributed by atoms with E-state index in [0.29, 0.717) is 81.6 Å². The molecule has 268 valence electrons. The average Bonchev–Trinajstić information content (AvgIpc) is 3.27. The third kappa shape index (κ3) is 8.23. The van der Waals surface area contributed by atoms with Crippen molar-refractivity contribution in [3.63, 3.8) is 0 Å². The van der Waals surface area contributed by atoms with E-state index in [2.05, 4.69) is 5.32 Å². The topological polar surface area (TPSA) is 140 Å². The fourth-order valence-corrected chi connectivity index (χ4v) is 9.04. The number of carbonyl (C=O) groups is 3. The number of anilines is 1. The zero-order chi connectivity index (χ0) is 35.6. The lowest BCUT2D eigenvalue weighted by Gasteiger charge is -2.40. The predicted octanol–water partition coefficient (Wildman–Crippen LogP) is 3.01. The Morgan fingerprint density at radius 1 is 0.940 bits per heavy atom. The summed E-state index contributed by atoms with van der Waals surface area (Å²) < 4.78 is 31.5. The maximum absolute atomic E-state index is 14.0. The average molecular weight is 706 g/mol. The zero-order valence-corrected chi connectivity index (χ0v) is 29.9. The van der Waals surface area contributed by atoms with Crippen LogP contribution < -0.4 is 10.8 Å². The van der Waals surface area contributed by atoms with Crippen LogP contribution in [-0.4, -0.2) is 123 Å². The van der Waals surface area contributed by atoms with Gasteiger partial charge >= 0.3 is 12.1 Å². The van der Waals surface area contributed by atoms with E-state index >= 15 is 0 Å². The van der Waals surface area contributed by atoms with Crippen LogP contribution >= 0.6 is 0 Å². The minimum Gasteiger partial charge on any atom is -0.508 e. The number of ether oxygens (including phenoxy) is 1. The SMILES string of the molecule is [B]c1cc(C[C@@H](OC(=O)N2CCC(N3CCc4ccccc4NC3=O)CC2)C(=O)N2CCC(C3CCN(S(C)(=O)=O)CC3)CC2)cc(C)c1O. The van der Waals surface area contributed by atoms with E-state index in [1.54, 1.807) is 33.2 Å². The van der Waals surface area contributed by atoms with Gasteiger partial charge < -0.3 is 29.9 Å². The molecule has 0 aliphatic carbocycles. The fourth-order valence-electron chi connectivity index (χ4n) is 8.16. The van der Waals surface area contributed by atoms with Crippen molar-refractivity contribution in [3.8, 4) is 5.75 Å². The Balaban J connectivity index is 1.07. The van der Waals surface area contributed by atoms with Crippen molar-refractivity contribution in [2.45, 2.75) is 70.4 Å². The van der Waals surface area contributed by atoms with Crippen molar-refractivity contribution in [3.05, 3.63) is 53.1 Å². The summed E-state index contributed by atoms with van der Waals surface area (Å²) in [6.45, 7) is 5.27. The smallest absolute Gasteiger partial charge is 0.410 e. The van der Waals surface area contributed by atoms with Crippen LogP contribution in [-0.2, 0) is 32.4 Å². The first-order valence-corrected chi connectivity index (χ1v) is 19.6. The van der Waals surface area contributed by atoms with Gasteiger partial charge in [-0.15, -0.1) is 0 Å². The number of nitrogens with one attached hydrogen (secondary N) is 1. The number of amides is 4. The quantitative estimate of drug-likeness (QED) is 0.423. The highest BCUT2D eigenvalue weighted by Crippen LogP contribution is 2.34. The van der Waals surface area contributed by atoms with Crippen molar-refractivity contribution in [1.29, 1.82) is 0 Å². The molecule has 0 saturated carbocycles. The summed E-state index contributed by atoms with van der Waals surface area (Å²) in [5.41, 5.74) is 3.39. The van der Waals surface area contributed by atoms with Crippen LogP contribution in [0.25, 0.3) is 0 Å². The van der Waals surface area contributed by atoms with Gasteiger partial charge in [0.05, 0.1) is 6.26 Å². The molecule has 2 aromatic carbocycles. The largest absolute Gasteiger partial charge is 0.508 e. The van der Waals surface area contributed by atoms with Crippen LogP contribution in [0.5, 0.6) is 5.75 Å². The number of nitrogens with zero attached hydrogens (tertiary/aromatic N) is 4. The number of benzene rings is 2. The molecule has 4 aliphatic rings. The van der Waals surface area contributed by atoms with Crippen molar-refractivity contribution in [1.82, 2.24) is 19.0 Å². The van der Waals surface area contributed by atoms with Crippen molar-refractivity contribution in [2.24, 2.45) is 11.8 Å². The molecule has 2 radical (unpaired) electrons. The Kier molecular flexibility index (Phi) is 11.0. The Hall–Kier alpha value is -3.78. The van der Waals surface area contributed by atoms with E-state index in [4.69, 9.17) is 12.6 Å². The molecule has 2 aromatic rings. The number of aryl methyl sites for hydroxylation is 1. The molecular formula is C36H48BN5O7S. The molecule has 6 rings (SSSR count). The molecule has 14 heteroatoms. The van der Waals surface area contributed by atoms with Crippen LogP contribution in [0.2, 0.25) is 0 Å². The zero-order valence-electron chi connectivity index (χ0n) is 29.1. The molecule has 0 bridgehead atoms. The number of phenolic OH excluding ortho intramolecular Hbond substituents is 1.